The Hall–Kier alpha value is -2.92. The minimum absolute atomic E-state index is 0.645. The van der Waals surface area contributed by atoms with Crippen LogP contribution in [-0.2, 0) is 0 Å². The van der Waals surface area contributed by atoms with Gasteiger partial charge in [-0.2, -0.15) is 5.10 Å². The first kappa shape index (κ1) is 13.7. The number of para-hydroxylation sites is 1. The molecule has 0 saturated carbocycles. The summed E-state index contributed by atoms with van der Waals surface area (Å²) < 4.78 is 0. The van der Waals surface area contributed by atoms with Crippen molar-refractivity contribution in [3.8, 4) is 11.1 Å². The van der Waals surface area contributed by atoms with Crippen molar-refractivity contribution >= 4 is 34.1 Å². The van der Waals surface area contributed by atoms with E-state index in [0.29, 0.717) is 10.7 Å². The Bertz CT molecular complexity index is 965. The molecule has 0 bridgehead atoms. The number of nitrogens with zero attached hydrogens (tertiary/aromatic N) is 3. The third kappa shape index (κ3) is 2.62. The van der Waals surface area contributed by atoms with Crippen LogP contribution in [0, 0.1) is 0 Å². The summed E-state index contributed by atoms with van der Waals surface area (Å²) in [6, 6.07) is 13.5. The van der Waals surface area contributed by atoms with Crippen molar-refractivity contribution in [2.24, 2.45) is 0 Å². The molecule has 0 fully saturated rings. The Kier molecular flexibility index (Phi) is 3.40. The molecule has 0 amide bonds. The highest BCUT2D eigenvalue weighted by atomic mass is 35.5. The molecule has 3 heterocycles. The van der Waals surface area contributed by atoms with Gasteiger partial charge >= 0.3 is 0 Å². The standard InChI is InChI=1S/C17H12ClN5/c18-14-5-1-2-6-15(14)21-17-13-8-12(10-20-16(13)22-23-17)11-4-3-7-19-9-11/h1-10H,(H2,20,21,22,23). The SMILES string of the molecule is Clc1ccccc1Nc1[nH]nc2ncc(-c3cccnc3)cc12. The molecular weight excluding hydrogens is 310 g/mol. The number of anilines is 2. The molecule has 23 heavy (non-hydrogen) atoms. The van der Waals surface area contributed by atoms with Crippen LogP contribution in [0.4, 0.5) is 11.5 Å². The van der Waals surface area contributed by atoms with Gasteiger partial charge < -0.3 is 5.32 Å². The van der Waals surface area contributed by atoms with E-state index in [1.807, 2.05) is 48.7 Å². The summed E-state index contributed by atoms with van der Waals surface area (Å²) in [6.07, 6.45) is 5.35. The number of halogens is 1. The zero-order valence-corrected chi connectivity index (χ0v) is 12.7. The number of hydrogen-bond acceptors (Lipinski definition) is 4. The lowest BCUT2D eigenvalue weighted by molar-refractivity contribution is 1.10. The van der Waals surface area contributed by atoms with E-state index in [2.05, 4.69) is 25.5 Å². The van der Waals surface area contributed by atoms with E-state index in [0.717, 1.165) is 28.0 Å². The topological polar surface area (TPSA) is 66.5 Å². The Morgan fingerprint density at radius 3 is 2.74 bits per heavy atom. The van der Waals surface area contributed by atoms with E-state index in [1.54, 1.807) is 12.4 Å². The van der Waals surface area contributed by atoms with E-state index >= 15 is 0 Å². The fraction of sp³-hybridized carbons (Fsp3) is 0. The Morgan fingerprint density at radius 2 is 1.91 bits per heavy atom. The maximum absolute atomic E-state index is 6.20. The van der Waals surface area contributed by atoms with Gasteiger partial charge in [0.15, 0.2) is 5.65 Å². The van der Waals surface area contributed by atoms with Gasteiger partial charge in [0.25, 0.3) is 0 Å². The highest BCUT2D eigenvalue weighted by molar-refractivity contribution is 6.33. The van der Waals surface area contributed by atoms with Crippen molar-refractivity contribution < 1.29 is 0 Å². The van der Waals surface area contributed by atoms with Crippen LogP contribution in [0.5, 0.6) is 0 Å². The van der Waals surface area contributed by atoms with Gasteiger partial charge in [0.1, 0.15) is 5.82 Å². The van der Waals surface area contributed by atoms with Gasteiger partial charge in [-0.3, -0.25) is 10.1 Å². The predicted octanol–water partition coefficient (Wildman–Crippen LogP) is 4.42. The van der Waals surface area contributed by atoms with Crippen LogP contribution >= 0.6 is 11.6 Å². The molecular formula is C17H12ClN5. The summed E-state index contributed by atoms with van der Waals surface area (Å²) in [5.74, 6) is 0.756. The first-order valence-corrected chi connectivity index (χ1v) is 7.45. The first-order valence-electron chi connectivity index (χ1n) is 7.07. The lowest BCUT2D eigenvalue weighted by Gasteiger charge is -2.06. The molecule has 4 aromatic rings. The Balaban J connectivity index is 1.78. The lowest BCUT2D eigenvalue weighted by Crippen LogP contribution is -1.92. The molecule has 5 nitrogen and oxygen atoms in total. The quantitative estimate of drug-likeness (QED) is 0.586. The van der Waals surface area contributed by atoms with Crippen LogP contribution in [-0.4, -0.2) is 20.2 Å². The second-order valence-electron chi connectivity index (χ2n) is 5.04. The molecule has 0 radical (unpaired) electrons. The van der Waals surface area contributed by atoms with Crippen molar-refractivity contribution in [3.05, 3.63) is 66.1 Å². The summed E-state index contributed by atoms with van der Waals surface area (Å²) in [5.41, 5.74) is 3.44. The number of hydrogen-bond donors (Lipinski definition) is 2. The third-order valence-corrected chi connectivity index (χ3v) is 3.87. The molecule has 0 aliphatic carbocycles. The molecule has 0 unspecified atom stereocenters. The van der Waals surface area contributed by atoms with Gasteiger partial charge in [-0.25, -0.2) is 4.98 Å². The highest BCUT2D eigenvalue weighted by Crippen LogP contribution is 2.29. The summed E-state index contributed by atoms with van der Waals surface area (Å²) in [5, 5.41) is 12.0. The van der Waals surface area contributed by atoms with Crippen LogP contribution in [0.3, 0.4) is 0 Å². The van der Waals surface area contributed by atoms with E-state index in [-0.39, 0.29) is 0 Å². The van der Waals surface area contributed by atoms with Crippen LogP contribution in [0.2, 0.25) is 5.02 Å². The number of H-pyrrole nitrogens is 1. The minimum Gasteiger partial charge on any atom is -0.339 e. The predicted molar refractivity (Wildman–Crippen MR) is 91.9 cm³/mol. The second kappa shape index (κ2) is 5.70. The molecule has 0 aliphatic heterocycles. The molecule has 0 spiro atoms. The maximum atomic E-state index is 6.20. The molecule has 0 saturated heterocycles. The number of fused-ring (bicyclic) bond motifs is 1. The lowest BCUT2D eigenvalue weighted by atomic mass is 10.1. The van der Waals surface area contributed by atoms with Gasteiger partial charge in [-0.1, -0.05) is 29.8 Å². The fourth-order valence-corrected chi connectivity index (χ4v) is 2.57. The molecule has 2 N–H and O–H groups in total. The van der Waals surface area contributed by atoms with E-state index in [4.69, 9.17) is 11.6 Å². The monoisotopic (exact) mass is 321 g/mol. The minimum atomic E-state index is 0.645. The van der Waals surface area contributed by atoms with Crippen LogP contribution in [0.15, 0.2) is 61.1 Å². The Labute approximate surface area is 137 Å². The molecule has 0 aliphatic rings. The molecule has 6 heteroatoms. The van der Waals surface area contributed by atoms with Gasteiger partial charge in [0.05, 0.1) is 16.1 Å². The molecule has 4 rings (SSSR count). The number of aromatic amines is 1. The third-order valence-electron chi connectivity index (χ3n) is 3.54. The zero-order chi connectivity index (χ0) is 15.6. The van der Waals surface area contributed by atoms with E-state index < -0.39 is 0 Å². The van der Waals surface area contributed by atoms with Crippen LogP contribution in [0.1, 0.15) is 0 Å². The van der Waals surface area contributed by atoms with E-state index in [9.17, 15) is 0 Å². The smallest absolute Gasteiger partial charge is 0.183 e. The van der Waals surface area contributed by atoms with Crippen molar-refractivity contribution in [2.45, 2.75) is 0 Å². The van der Waals surface area contributed by atoms with Crippen molar-refractivity contribution in [3.63, 3.8) is 0 Å². The number of nitrogens with one attached hydrogen (secondary N) is 2. The van der Waals surface area contributed by atoms with Crippen molar-refractivity contribution in [1.29, 1.82) is 0 Å². The Morgan fingerprint density at radius 1 is 1.00 bits per heavy atom. The van der Waals surface area contributed by atoms with Gasteiger partial charge in [0, 0.05) is 29.7 Å². The molecule has 112 valence electrons. The van der Waals surface area contributed by atoms with Gasteiger partial charge in [-0.15, -0.1) is 0 Å². The number of pyridine rings is 2. The highest BCUT2D eigenvalue weighted by Gasteiger charge is 2.10. The van der Waals surface area contributed by atoms with Crippen LogP contribution in [0.25, 0.3) is 22.2 Å². The average molecular weight is 322 g/mol. The largest absolute Gasteiger partial charge is 0.339 e. The van der Waals surface area contributed by atoms with Crippen LogP contribution < -0.4 is 5.32 Å². The van der Waals surface area contributed by atoms with Crippen molar-refractivity contribution in [2.75, 3.05) is 5.32 Å². The number of benzene rings is 1. The maximum Gasteiger partial charge on any atom is 0.183 e. The summed E-state index contributed by atoms with van der Waals surface area (Å²) in [6.45, 7) is 0. The summed E-state index contributed by atoms with van der Waals surface area (Å²) in [7, 11) is 0. The summed E-state index contributed by atoms with van der Waals surface area (Å²) in [4.78, 5) is 8.55. The normalized spacial score (nSPS) is 10.8. The fourth-order valence-electron chi connectivity index (χ4n) is 2.38. The first-order chi connectivity index (χ1) is 11.3. The molecule has 0 atom stereocenters. The van der Waals surface area contributed by atoms with Gasteiger partial charge in [0.2, 0.25) is 0 Å². The van der Waals surface area contributed by atoms with Gasteiger partial charge in [-0.05, 0) is 24.3 Å². The van der Waals surface area contributed by atoms with E-state index in [1.165, 1.54) is 0 Å². The van der Waals surface area contributed by atoms with Crippen molar-refractivity contribution in [1.82, 2.24) is 20.2 Å². The number of aromatic nitrogens is 4. The summed E-state index contributed by atoms with van der Waals surface area (Å²) >= 11 is 6.20. The second-order valence-corrected chi connectivity index (χ2v) is 5.45. The number of rotatable bonds is 3. The average Bonchev–Trinajstić information content (AvgIpc) is 3.00. The molecule has 1 aromatic carbocycles. The zero-order valence-electron chi connectivity index (χ0n) is 12.0. The molecule has 3 aromatic heterocycles.